The van der Waals surface area contributed by atoms with E-state index in [0.717, 1.165) is 18.4 Å². The molecule has 1 fully saturated rings. The van der Waals surface area contributed by atoms with Crippen molar-refractivity contribution in [1.29, 1.82) is 0 Å². The van der Waals surface area contributed by atoms with Gasteiger partial charge >= 0.3 is 6.03 Å². The maximum atomic E-state index is 15.2. The molecule has 11 heteroatoms. The lowest BCUT2D eigenvalue weighted by Gasteiger charge is -2.37. The number of halogens is 1. The minimum atomic E-state index is -1.23. The van der Waals surface area contributed by atoms with Crippen LogP contribution in [0.3, 0.4) is 0 Å². The maximum absolute atomic E-state index is 15.2. The Morgan fingerprint density at radius 2 is 1.72 bits per heavy atom. The predicted octanol–water partition coefficient (Wildman–Crippen LogP) is 6.05. The average molecular weight is 647 g/mol. The lowest BCUT2D eigenvalue weighted by molar-refractivity contribution is -0.129. The van der Waals surface area contributed by atoms with Gasteiger partial charge in [-0.05, 0) is 44.5 Å². The van der Waals surface area contributed by atoms with Gasteiger partial charge in [-0.1, -0.05) is 57.5 Å². The fraction of sp³-hybridized carbons (Fsp3) is 0.444. The molecule has 0 radical (unpaired) electrons. The zero-order valence-corrected chi connectivity index (χ0v) is 27.7. The SMILES string of the molecule is CCCCOC(C)(C)CNC(=O)NC(=O)C(C)(C)[C@@H]1c2ccc(-c3ccc(C(=O)N4CCOCC4)cc3)nc2Oc2c(F)cccc21. The van der Waals surface area contributed by atoms with Crippen molar-refractivity contribution in [2.45, 2.75) is 59.0 Å². The summed E-state index contributed by atoms with van der Waals surface area (Å²) in [5.41, 5.74) is 1.07. The fourth-order valence-electron chi connectivity index (χ4n) is 5.82. The summed E-state index contributed by atoms with van der Waals surface area (Å²) in [4.78, 5) is 45.9. The number of ether oxygens (including phenoxy) is 3. The van der Waals surface area contributed by atoms with Gasteiger partial charge in [-0.25, -0.2) is 14.2 Å². The third-order valence-electron chi connectivity index (χ3n) is 8.63. The topological polar surface area (TPSA) is 119 Å². The van der Waals surface area contributed by atoms with Crippen molar-refractivity contribution in [3.8, 4) is 22.9 Å². The first-order valence-electron chi connectivity index (χ1n) is 16.1. The molecule has 0 bridgehead atoms. The highest BCUT2D eigenvalue weighted by atomic mass is 19.1. The van der Waals surface area contributed by atoms with Gasteiger partial charge in [-0.3, -0.25) is 14.9 Å². The fourth-order valence-corrected chi connectivity index (χ4v) is 5.82. The summed E-state index contributed by atoms with van der Waals surface area (Å²) in [6, 6.07) is 14.7. The Kier molecular flexibility index (Phi) is 10.3. The van der Waals surface area contributed by atoms with Crippen LogP contribution in [0.5, 0.6) is 11.6 Å². The molecule has 4 amide bonds. The summed E-state index contributed by atoms with van der Waals surface area (Å²) in [5.74, 6) is -1.73. The summed E-state index contributed by atoms with van der Waals surface area (Å²) < 4.78 is 32.4. The van der Waals surface area contributed by atoms with Crippen LogP contribution in [0.25, 0.3) is 11.3 Å². The van der Waals surface area contributed by atoms with Gasteiger partial charge in [-0.15, -0.1) is 0 Å². The Morgan fingerprint density at radius 1 is 1.00 bits per heavy atom. The second kappa shape index (κ2) is 14.2. The first-order valence-corrected chi connectivity index (χ1v) is 16.1. The van der Waals surface area contributed by atoms with Crippen molar-refractivity contribution in [2.24, 2.45) is 5.41 Å². The second-order valence-electron chi connectivity index (χ2n) is 13.1. The zero-order chi connectivity index (χ0) is 33.8. The molecular weight excluding hydrogens is 603 g/mol. The third kappa shape index (κ3) is 7.63. The van der Waals surface area contributed by atoms with Gasteiger partial charge in [0.15, 0.2) is 11.6 Å². The van der Waals surface area contributed by atoms with Crippen LogP contribution in [0, 0.1) is 11.2 Å². The van der Waals surface area contributed by atoms with Crippen LogP contribution in [0.2, 0.25) is 0 Å². The largest absolute Gasteiger partial charge is 0.435 e. The molecule has 5 rings (SSSR count). The molecule has 0 spiro atoms. The molecule has 2 aliphatic rings. The van der Waals surface area contributed by atoms with E-state index in [-0.39, 0.29) is 24.1 Å². The van der Waals surface area contributed by atoms with Gasteiger partial charge in [-0.2, -0.15) is 0 Å². The monoisotopic (exact) mass is 646 g/mol. The number of benzene rings is 2. The molecule has 250 valence electrons. The first-order chi connectivity index (χ1) is 22.4. The molecular formula is C36H43FN4O6. The predicted molar refractivity (Wildman–Crippen MR) is 175 cm³/mol. The summed E-state index contributed by atoms with van der Waals surface area (Å²) in [7, 11) is 0. The quantitative estimate of drug-likeness (QED) is 0.258. The normalized spacial score (nSPS) is 16.0. The van der Waals surface area contributed by atoms with Gasteiger partial charge in [0.05, 0.1) is 29.9 Å². The Balaban J connectivity index is 1.37. The number of nitrogens with zero attached hydrogens (tertiary/aromatic N) is 2. The molecule has 2 N–H and O–H groups in total. The number of hydrogen-bond acceptors (Lipinski definition) is 7. The van der Waals surface area contributed by atoms with Crippen molar-refractivity contribution >= 4 is 17.8 Å². The third-order valence-corrected chi connectivity index (χ3v) is 8.63. The number of amides is 4. The van der Waals surface area contributed by atoms with Crippen LogP contribution in [-0.4, -0.2) is 72.8 Å². The number of carbonyl (C=O) groups excluding carboxylic acids is 3. The highest BCUT2D eigenvalue weighted by Gasteiger charge is 2.45. The van der Waals surface area contributed by atoms with Crippen molar-refractivity contribution in [3.05, 3.63) is 77.1 Å². The number of unbranched alkanes of at least 4 members (excludes halogenated alkanes) is 1. The van der Waals surface area contributed by atoms with E-state index in [1.54, 1.807) is 49.1 Å². The highest BCUT2D eigenvalue weighted by molar-refractivity contribution is 5.98. The molecule has 47 heavy (non-hydrogen) atoms. The first kappa shape index (κ1) is 34.0. The molecule has 2 aliphatic heterocycles. The number of para-hydroxylation sites is 1. The summed E-state index contributed by atoms with van der Waals surface area (Å²) in [6.45, 7) is 12.2. The number of morpholine rings is 1. The van der Waals surface area contributed by atoms with Gasteiger partial charge in [0.2, 0.25) is 11.8 Å². The number of pyridine rings is 1. The zero-order valence-electron chi connectivity index (χ0n) is 27.7. The summed E-state index contributed by atoms with van der Waals surface area (Å²) >= 11 is 0. The van der Waals surface area contributed by atoms with Crippen molar-refractivity contribution in [1.82, 2.24) is 20.5 Å². The van der Waals surface area contributed by atoms with E-state index in [9.17, 15) is 14.4 Å². The standard InChI is InChI=1S/C36H43FN4O6/c1-6-7-19-46-35(2,3)22-38-34(44)40-33(43)36(4,5)29-25-9-8-10-27(37)30(25)47-31-26(29)15-16-28(39-31)23-11-13-24(14-12-23)32(42)41-17-20-45-21-18-41/h8-16,29H,6-7,17-22H2,1-5H3,(H2,38,40,43,44)/t29-/m0/s1. The molecule has 1 saturated heterocycles. The molecule has 1 atom stereocenters. The lowest BCUT2D eigenvalue weighted by atomic mass is 9.69. The number of imide groups is 1. The smallest absolute Gasteiger partial charge is 0.321 e. The van der Waals surface area contributed by atoms with Crippen molar-refractivity contribution < 1.29 is 33.0 Å². The van der Waals surface area contributed by atoms with E-state index in [1.807, 2.05) is 32.0 Å². The van der Waals surface area contributed by atoms with Crippen LogP contribution >= 0.6 is 0 Å². The highest BCUT2D eigenvalue weighted by Crippen LogP contribution is 2.52. The number of carbonyl (C=O) groups is 3. The van der Waals surface area contributed by atoms with E-state index < -0.39 is 34.7 Å². The van der Waals surface area contributed by atoms with E-state index in [1.165, 1.54) is 6.07 Å². The van der Waals surface area contributed by atoms with Gasteiger partial charge < -0.3 is 24.4 Å². The van der Waals surface area contributed by atoms with E-state index >= 15 is 4.39 Å². The molecule has 3 heterocycles. The molecule has 0 aliphatic carbocycles. The van der Waals surface area contributed by atoms with Crippen LogP contribution in [0.15, 0.2) is 54.6 Å². The molecule has 3 aromatic rings. The van der Waals surface area contributed by atoms with Gasteiger partial charge in [0, 0.05) is 54.4 Å². The minimum Gasteiger partial charge on any atom is -0.435 e. The Bertz CT molecular complexity index is 1620. The average Bonchev–Trinajstić information content (AvgIpc) is 3.06. The lowest BCUT2D eigenvalue weighted by Crippen LogP contribution is -2.50. The molecule has 1 aromatic heterocycles. The maximum Gasteiger partial charge on any atom is 0.321 e. The number of hydrogen-bond donors (Lipinski definition) is 2. The number of urea groups is 1. The van der Waals surface area contributed by atoms with Crippen LogP contribution < -0.4 is 15.4 Å². The van der Waals surface area contributed by atoms with Crippen LogP contribution in [0.1, 0.15) is 74.9 Å². The Hall–Kier alpha value is -4.35. The summed E-state index contributed by atoms with van der Waals surface area (Å²) in [6.07, 6.45) is 1.91. The summed E-state index contributed by atoms with van der Waals surface area (Å²) in [5, 5.41) is 5.21. The van der Waals surface area contributed by atoms with E-state index in [2.05, 4.69) is 17.6 Å². The van der Waals surface area contributed by atoms with Gasteiger partial charge in [0.25, 0.3) is 5.91 Å². The van der Waals surface area contributed by atoms with Crippen molar-refractivity contribution in [2.75, 3.05) is 39.5 Å². The van der Waals surface area contributed by atoms with Crippen LogP contribution in [0.4, 0.5) is 9.18 Å². The number of rotatable bonds is 10. The number of nitrogens with one attached hydrogen (secondary N) is 2. The molecule has 0 saturated carbocycles. The van der Waals surface area contributed by atoms with Gasteiger partial charge in [0.1, 0.15) is 0 Å². The number of aromatic nitrogens is 1. The van der Waals surface area contributed by atoms with E-state index in [4.69, 9.17) is 19.2 Å². The van der Waals surface area contributed by atoms with Crippen LogP contribution in [-0.2, 0) is 14.3 Å². The molecule has 10 nitrogen and oxygen atoms in total. The molecule has 2 aromatic carbocycles. The van der Waals surface area contributed by atoms with E-state index in [0.29, 0.717) is 55.3 Å². The van der Waals surface area contributed by atoms with Crippen molar-refractivity contribution in [3.63, 3.8) is 0 Å². The molecule has 0 unspecified atom stereocenters. The Labute approximate surface area is 275 Å². The minimum absolute atomic E-state index is 0.0163. The Morgan fingerprint density at radius 3 is 2.43 bits per heavy atom. The number of fused-ring (bicyclic) bond motifs is 2. The second-order valence-corrected chi connectivity index (χ2v) is 13.1.